The molecule has 0 heterocycles. The van der Waals surface area contributed by atoms with Gasteiger partial charge in [0.25, 0.3) is 0 Å². The van der Waals surface area contributed by atoms with Crippen LogP contribution in [0.2, 0.25) is 0 Å². The Balaban J connectivity index is 3.34. The second kappa shape index (κ2) is 2.45. The van der Waals surface area contributed by atoms with Gasteiger partial charge in [0.1, 0.15) is 13.7 Å². The van der Waals surface area contributed by atoms with E-state index in [9.17, 15) is 4.39 Å². The SMILES string of the molecule is [B]c1ccc(F)c(C)c1C. The molecule has 0 aliphatic rings. The molecule has 0 atom stereocenters. The average Bonchev–Trinajstić information content (AvgIpc) is 1.93. The van der Waals surface area contributed by atoms with Crippen LogP contribution in [0.15, 0.2) is 12.1 Å². The average molecular weight is 134 g/mol. The van der Waals surface area contributed by atoms with Gasteiger partial charge < -0.3 is 0 Å². The van der Waals surface area contributed by atoms with Crippen LogP contribution in [-0.4, -0.2) is 7.85 Å². The molecule has 1 aromatic carbocycles. The Labute approximate surface area is 61.5 Å². The third kappa shape index (κ3) is 1.06. The monoisotopic (exact) mass is 134 g/mol. The molecule has 1 rings (SSSR count). The van der Waals surface area contributed by atoms with Gasteiger partial charge >= 0.3 is 0 Å². The second-order valence-electron chi connectivity index (χ2n) is 2.39. The van der Waals surface area contributed by atoms with Crippen molar-refractivity contribution in [3.05, 3.63) is 29.1 Å². The number of halogens is 1. The summed E-state index contributed by atoms with van der Waals surface area (Å²) >= 11 is 0. The fraction of sp³-hybridized carbons (Fsp3) is 0.250. The number of hydrogen-bond acceptors (Lipinski definition) is 0. The topological polar surface area (TPSA) is 0 Å². The number of benzene rings is 1. The van der Waals surface area contributed by atoms with Crippen molar-refractivity contribution in [2.75, 3.05) is 0 Å². The van der Waals surface area contributed by atoms with Gasteiger partial charge in [-0.05, 0) is 25.5 Å². The van der Waals surface area contributed by atoms with E-state index in [4.69, 9.17) is 7.85 Å². The summed E-state index contributed by atoms with van der Waals surface area (Å²) in [5.41, 5.74) is 2.12. The van der Waals surface area contributed by atoms with E-state index in [1.165, 1.54) is 6.07 Å². The maximum absolute atomic E-state index is 12.7. The minimum Gasteiger partial charge on any atom is -0.207 e. The fourth-order valence-electron chi connectivity index (χ4n) is 0.809. The molecule has 0 fully saturated rings. The molecule has 0 aliphatic heterocycles. The third-order valence-corrected chi connectivity index (χ3v) is 1.76. The molecule has 0 aliphatic carbocycles. The normalized spacial score (nSPS) is 9.90. The van der Waals surface area contributed by atoms with Crippen LogP contribution in [0.4, 0.5) is 4.39 Å². The maximum Gasteiger partial charge on any atom is 0.126 e. The molecule has 0 saturated heterocycles. The molecule has 0 N–H and O–H groups in total. The van der Waals surface area contributed by atoms with Crippen molar-refractivity contribution in [2.45, 2.75) is 13.8 Å². The van der Waals surface area contributed by atoms with E-state index in [2.05, 4.69) is 0 Å². The smallest absolute Gasteiger partial charge is 0.126 e. The molecule has 50 valence electrons. The van der Waals surface area contributed by atoms with Crippen LogP contribution in [0.25, 0.3) is 0 Å². The minimum atomic E-state index is -0.188. The molecule has 0 aromatic heterocycles. The second-order valence-corrected chi connectivity index (χ2v) is 2.39. The van der Waals surface area contributed by atoms with E-state index in [0.29, 0.717) is 11.0 Å². The first-order chi connectivity index (χ1) is 4.63. The first-order valence-corrected chi connectivity index (χ1v) is 3.14. The molecule has 0 saturated carbocycles. The van der Waals surface area contributed by atoms with Crippen LogP contribution < -0.4 is 5.46 Å². The molecule has 0 amide bonds. The lowest BCUT2D eigenvalue weighted by Gasteiger charge is -2.03. The molecule has 0 unspecified atom stereocenters. The van der Waals surface area contributed by atoms with Crippen molar-refractivity contribution in [2.24, 2.45) is 0 Å². The standard InChI is InChI=1S/C8H8BF/c1-5-6(2)8(10)4-3-7(5)9/h3-4H,1-2H3. The molecule has 10 heavy (non-hydrogen) atoms. The first kappa shape index (κ1) is 7.32. The van der Waals surface area contributed by atoms with E-state index < -0.39 is 0 Å². The maximum atomic E-state index is 12.7. The van der Waals surface area contributed by atoms with Crippen molar-refractivity contribution in [1.29, 1.82) is 0 Å². The predicted molar refractivity (Wildman–Crippen MR) is 41.3 cm³/mol. The molecular weight excluding hydrogens is 126 g/mol. The molecule has 1 aromatic rings. The van der Waals surface area contributed by atoms with Gasteiger partial charge in [0.2, 0.25) is 0 Å². The Kier molecular flexibility index (Phi) is 1.79. The van der Waals surface area contributed by atoms with Crippen molar-refractivity contribution in [3.8, 4) is 0 Å². The highest BCUT2D eigenvalue weighted by atomic mass is 19.1. The highest BCUT2D eigenvalue weighted by molar-refractivity contribution is 6.33. The van der Waals surface area contributed by atoms with Crippen molar-refractivity contribution in [1.82, 2.24) is 0 Å². The zero-order chi connectivity index (χ0) is 7.72. The zero-order valence-electron chi connectivity index (χ0n) is 6.11. The highest BCUT2D eigenvalue weighted by Gasteiger charge is 2.00. The van der Waals surface area contributed by atoms with E-state index in [0.717, 1.165) is 5.56 Å². The van der Waals surface area contributed by atoms with E-state index >= 15 is 0 Å². The van der Waals surface area contributed by atoms with Gasteiger partial charge in [-0.25, -0.2) is 4.39 Å². The summed E-state index contributed by atoms with van der Waals surface area (Å²) in [4.78, 5) is 0. The fourth-order valence-corrected chi connectivity index (χ4v) is 0.809. The van der Waals surface area contributed by atoms with Gasteiger partial charge in [0.05, 0.1) is 0 Å². The van der Waals surface area contributed by atoms with Gasteiger partial charge in [-0.3, -0.25) is 0 Å². The summed E-state index contributed by atoms with van der Waals surface area (Å²) in [5.74, 6) is -0.188. The third-order valence-electron chi connectivity index (χ3n) is 1.76. The van der Waals surface area contributed by atoms with Crippen LogP contribution in [0.5, 0.6) is 0 Å². The summed E-state index contributed by atoms with van der Waals surface area (Å²) in [6.45, 7) is 3.54. The minimum absolute atomic E-state index is 0.188. The van der Waals surface area contributed by atoms with Crippen LogP contribution in [0, 0.1) is 19.7 Å². The summed E-state index contributed by atoms with van der Waals surface area (Å²) in [7, 11) is 5.52. The van der Waals surface area contributed by atoms with Gasteiger partial charge in [0.15, 0.2) is 0 Å². The number of hydrogen-bond donors (Lipinski definition) is 0. The van der Waals surface area contributed by atoms with Crippen LogP contribution >= 0.6 is 0 Å². The Morgan fingerprint density at radius 2 is 1.80 bits per heavy atom. The summed E-state index contributed by atoms with van der Waals surface area (Å²) in [5, 5.41) is 0. The summed E-state index contributed by atoms with van der Waals surface area (Å²) < 4.78 is 12.7. The van der Waals surface area contributed by atoms with Gasteiger partial charge in [-0.1, -0.05) is 17.1 Å². The lowest BCUT2D eigenvalue weighted by molar-refractivity contribution is 0.617. The Morgan fingerprint density at radius 1 is 1.20 bits per heavy atom. The van der Waals surface area contributed by atoms with Crippen molar-refractivity contribution >= 4 is 13.3 Å². The lowest BCUT2D eigenvalue weighted by atomic mass is 9.89. The molecule has 2 radical (unpaired) electrons. The van der Waals surface area contributed by atoms with Crippen molar-refractivity contribution < 1.29 is 4.39 Å². The zero-order valence-corrected chi connectivity index (χ0v) is 6.11. The van der Waals surface area contributed by atoms with Crippen LogP contribution in [0.1, 0.15) is 11.1 Å². The van der Waals surface area contributed by atoms with Crippen LogP contribution in [0.3, 0.4) is 0 Å². The Bertz CT molecular complexity index is 229. The Morgan fingerprint density at radius 3 is 2.30 bits per heavy atom. The molecule has 2 heteroatoms. The van der Waals surface area contributed by atoms with Crippen LogP contribution in [-0.2, 0) is 0 Å². The number of rotatable bonds is 0. The lowest BCUT2D eigenvalue weighted by Crippen LogP contribution is -2.09. The first-order valence-electron chi connectivity index (χ1n) is 3.14. The van der Waals surface area contributed by atoms with Gasteiger partial charge in [0, 0.05) is 0 Å². The van der Waals surface area contributed by atoms with Gasteiger partial charge in [-0.15, -0.1) is 0 Å². The predicted octanol–water partition coefficient (Wildman–Crippen LogP) is 1.24. The molecular formula is C8H8BF. The summed E-state index contributed by atoms with van der Waals surface area (Å²) in [6.07, 6.45) is 0. The largest absolute Gasteiger partial charge is 0.207 e. The van der Waals surface area contributed by atoms with Gasteiger partial charge in [-0.2, -0.15) is 0 Å². The van der Waals surface area contributed by atoms with E-state index in [1.54, 1.807) is 13.0 Å². The Hall–Kier alpha value is -0.785. The highest BCUT2D eigenvalue weighted by Crippen LogP contribution is 2.07. The quantitative estimate of drug-likeness (QED) is 0.468. The van der Waals surface area contributed by atoms with E-state index in [1.807, 2.05) is 6.92 Å². The molecule has 0 spiro atoms. The molecule has 0 nitrogen and oxygen atoms in total. The van der Waals surface area contributed by atoms with E-state index in [-0.39, 0.29) is 5.82 Å². The molecule has 0 bridgehead atoms. The van der Waals surface area contributed by atoms with Crippen molar-refractivity contribution in [3.63, 3.8) is 0 Å². The summed E-state index contributed by atoms with van der Waals surface area (Å²) in [6, 6.07) is 2.97.